The summed E-state index contributed by atoms with van der Waals surface area (Å²) in [5.41, 5.74) is 7.87. The quantitative estimate of drug-likeness (QED) is 0.475. The molecule has 2 aromatic carbocycles. The highest BCUT2D eigenvalue weighted by Gasteiger charge is 2.22. The Balaban J connectivity index is 1.68. The van der Waals surface area contributed by atoms with Crippen LogP contribution in [0.1, 0.15) is 32.3 Å². The van der Waals surface area contributed by atoms with Crippen LogP contribution in [-0.2, 0) is 6.54 Å². The zero-order chi connectivity index (χ0) is 19.8. The average Bonchev–Trinajstić information content (AvgIpc) is 3.52. The maximum absolute atomic E-state index is 6.13. The maximum Gasteiger partial charge on any atom is 0.193 e. The zero-order valence-electron chi connectivity index (χ0n) is 16.6. The molecule has 0 bridgehead atoms. The Morgan fingerprint density at radius 2 is 1.82 bits per heavy atom. The Labute approximate surface area is 166 Å². The van der Waals surface area contributed by atoms with Crippen LogP contribution >= 0.6 is 0 Å². The third kappa shape index (κ3) is 5.81. The first kappa shape index (κ1) is 19.9. The number of hydrogen-bond donors (Lipinski definition) is 2. The number of hydrogen-bond acceptors (Lipinski definition) is 4. The Morgan fingerprint density at radius 3 is 2.57 bits per heavy atom. The van der Waals surface area contributed by atoms with Crippen molar-refractivity contribution in [3.05, 3.63) is 48.0 Å². The van der Waals surface area contributed by atoms with Crippen molar-refractivity contribution in [3.63, 3.8) is 0 Å². The second-order valence-electron chi connectivity index (χ2n) is 6.71. The van der Waals surface area contributed by atoms with Crippen molar-refractivity contribution in [1.29, 1.82) is 0 Å². The van der Waals surface area contributed by atoms with Gasteiger partial charge in [-0.2, -0.15) is 0 Å². The summed E-state index contributed by atoms with van der Waals surface area (Å²) in [4.78, 5) is 4.48. The minimum absolute atomic E-state index is 0.312. The summed E-state index contributed by atoms with van der Waals surface area (Å²) >= 11 is 0. The molecule has 0 saturated heterocycles. The van der Waals surface area contributed by atoms with E-state index in [9.17, 15) is 0 Å². The van der Waals surface area contributed by atoms with Crippen LogP contribution in [0.5, 0.6) is 17.2 Å². The van der Waals surface area contributed by atoms with Crippen LogP contribution in [-0.4, -0.2) is 25.8 Å². The molecular formula is C22H29N3O3. The largest absolute Gasteiger partial charge is 0.494 e. The smallest absolute Gasteiger partial charge is 0.193 e. The number of nitrogens with two attached hydrogens (primary N) is 1. The van der Waals surface area contributed by atoms with Crippen molar-refractivity contribution in [2.45, 2.75) is 33.2 Å². The van der Waals surface area contributed by atoms with E-state index in [0.29, 0.717) is 37.4 Å². The van der Waals surface area contributed by atoms with E-state index in [4.69, 9.17) is 19.9 Å². The summed E-state index contributed by atoms with van der Waals surface area (Å²) in [6.07, 6.45) is 2.53. The molecule has 150 valence electrons. The first-order valence-corrected chi connectivity index (χ1v) is 9.86. The van der Waals surface area contributed by atoms with E-state index in [-0.39, 0.29) is 0 Å². The molecule has 3 N–H and O–H groups in total. The predicted molar refractivity (Wildman–Crippen MR) is 112 cm³/mol. The van der Waals surface area contributed by atoms with Crippen molar-refractivity contribution in [3.8, 4) is 17.2 Å². The number of nitrogens with zero attached hydrogens (tertiary/aromatic N) is 1. The molecule has 1 fully saturated rings. The van der Waals surface area contributed by atoms with E-state index >= 15 is 0 Å². The minimum Gasteiger partial charge on any atom is -0.494 e. The Morgan fingerprint density at radius 1 is 1.04 bits per heavy atom. The molecule has 28 heavy (non-hydrogen) atoms. The van der Waals surface area contributed by atoms with Crippen LogP contribution < -0.4 is 25.3 Å². The van der Waals surface area contributed by atoms with Gasteiger partial charge in [-0.1, -0.05) is 18.2 Å². The zero-order valence-corrected chi connectivity index (χ0v) is 16.6. The highest BCUT2D eigenvalue weighted by molar-refractivity contribution is 5.94. The second-order valence-corrected chi connectivity index (χ2v) is 6.71. The maximum atomic E-state index is 6.13. The van der Waals surface area contributed by atoms with Crippen LogP contribution in [0.15, 0.2) is 47.5 Å². The second kappa shape index (κ2) is 9.88. The summed E-state index contributed by atoms with van der Waals surface area (Å²) in [6.45, 7) is 6.25. The molecule has 0 spiro atoms. The van der Waals surface area contributed by atoms with Crippen molar-refractivity contribution in [2.24, 2.45) is 16.6 Å². The number of anilines is 1. The molecule has 3 rings (SSSR count). The number of rotatable bonds is 10. The molecule has 0 unspecified atom stereocenters. The fourth-order valence-electron chi connectivity index (χ4n) is 2.76. The fraction of sp³-hybridized carbons (Fsp3) is 0.409. The van der Waals surface area contributed by atoms with Gasteiger partial charge in [-0.15, -0.1) is 0 Å². The van der Waals surface area contributed by atoms with E-state index in [1.165, 1.54) is 12.8 Å². The van der Waals surface area contributed by atoms with E-state index in [1.807, 2.05) is 56.3 Å². The molecule has 0 heterocycles. The summed E-state index contributed by atoms with van der Waals surface area (Å²) in [5, 5.41) is 3.13. The van der Waals surface area contributed by atoms with Crippen LogP contribution in [0.4, 0.5) is 5.69 Å². The van der Waals surface area contributed by atoms with E-state index in [1.54, 1.807) is 0 Å². The third-order valence-electron chi connectivity index (χ3n) is 4.39. The summed E-state index contributed by atoms with van der Waals surface area (Å²) in [6, 6.07) is 13.6. The number of nitrogens with one attached hydrogen (secondary N) is 1. The molecule has 0 atom stereocenters. The van der Waals surface area contributed by atoms with Gasteiger partial charge in [0.05, 0.1) is 32.1 Å². The van der Waals surface area contributed by atoms with Crippen molar-refractivity contribution < 1.29 is 14.2 Å². The topological polar surface area (TPSA) is 78.1 Å². The number of aliphatic imine (C=N–C) groups is 1. The molecule has 1 aliphatic carbocycles. The minimum atomic E-state index is 0.312. The number of guanidine groups is 1. The highest BCUT2D eigenvalue weighted by atomic mass is 16.5. The van der Waals surface area contributed by atoms with Gasteiger partial charge < -0.3 is 25.3 Å². The lowest BCUT2D eigenvalue weighted by Crippen LogP contribution is -2.23. The lowest BCUT2D eigenvalue weighted by molar-refractivity contribution is 0.297. The molecule has 1 saturated carbocycles. The van der Waals surface area contributed by atoms with Gasteiger partial charge in [0.15, 0.2) is 5.96 Å². The lowest BCUT2D eigenvalue weighted by Gasteiger charge is -2.14. The Bertz CT molecular complexity index is 803. The number of para-hydroxylation sites is 1. The van der Waals surface area contributed by atoms with E-state index < -0.39 is 0 Å². The Hall–Kier alpha value is -2.89. The Kier molecular flexibility index (Phi) is 7.00. The van der Waals surface area contributed by atoms with Gasteiger partial charge in [0.1, 0.15) is 17.2 Å². The van der Waals surface area contributed by atoms with Crippen LogP contribution in [0.3, 0.4) is 0 Å². The van der Waals surface area contributed by atoms with Crippen molar-refractivity contribution in [1.82, 2.24) is 0 Å². The summed E-state index contributed by atoms with van der Waals surface area (Å²) < 4.78 is 17.2. The number of ether oxygens (including phenoxy) is 3. The van der Waals surface area contributed by atoms with Crippen molar-refractivity contribution >= 4 is 11.6 Å². The van der Waals surface area contributed by atoms with Gasteiger partial charge in [-0.3, -0.25) is 0 Å². The molecule has 6 heteroatoms. The predicted octanol–water partition coefficient (Wildman–Crippen LogP) is 4.20. The molecule has 0 aliphatic heterocycles. The third-order valence-corrected chi connectivity index (χ3v) is 4.39. The molecule has 0 radical (unpaired) electrons. The summed E-state index contributed by atoms with van der Waals surface area (Å²) in [7, 11) is 0. The van der Waals surface area contributed by atoms with Crippen LogP contribution in [0, 0.1) is 5.92 Å². The van der Waals surface area contributed by atoms with E-state index in [2.05, 4.69) is 10.3 Å². The first-order chi connectivity index (χ1) is 13.7. The van der Waals surface area contributed by atoms with E-state index in [0.717, 1.165) is 29.4 Å². The molecule has 0 amide bonds. The lowest BCUT2D eigenvalue weighted by atomic mass is 10.2. The molecule has 1 aliphatic rings. The van der Waals surface area contributed by atoms with Gasteiger partial charge in [-0.25, -0.2) is 4.99 Å². The highest BCUT2D eigenvalue weighted by Crippen LogP contribution is 2.31. The fourth-order valence-corrected chi connectivity index (χ4v) is 2.76. The SMILES string of the molecule is CCOc1ccc(OCC)c(NC(N)=NCc2ccccc2OCC2CC2)c1. The average molecular weight is 383 g/mol. The van der Waals surface area contributed by atoms with Crippen LogP contribution in [0.25, 0.3) is 0 Å². The molecule has 2 aromatic rings. The van der Waals surface area contributed by atoms with Crippen LogP contribution in [0.2, 0.25) is 0 Å². The summed E-state index contributed by atoms with van der Waals surface area (Å²) in [5.74, 6) is 3.35. The molecular weight excluding hydrogens is 354 g/mol. The van der Waals surface area contributed by atoms with Gasteiger partial charge in [0.2, 0.25) is 0 Å². The van der Waals surface area contributed by atoms with Crippen molar-refractivity contribution in [2.75, 3.05) is 25.1 Å². The van der Waals surface area contributed by atoms with Gasteiger partial charge in [0, 0.05) is 11.6 Å². The first-order valence-electron chi connectivity index (χ1n) is 9.86. The molecule has 6 nitrogen and oxygen atoms in total. The molecule has 0 aromatic heterocycles. The number of benzene rings is 2. The van der Waals surface area contributed by atoms with Gasteiger partial charge >= 0.3 is 0 Å². The standard InChI is InChI=1S/C22H29N3O3/c1-3-26-18-11-12-21(27-4-2)19(13-18)25-22(23)24-14-17-7-5-6-8-20(17)28-15-16-9-10-16/h5-8,11-13,16H,3-4,9-10,14-15H2,1-2H3,(H3,23,24,25). The monoisotopic (exact) mass is 383 g/mol. The van der Waals surface area contributed by atoms with Gasteiger partial charge in [-0.05, 0) is 50.8 Å². The normalized spacial score (nSPS) is 13.9. The van der Waals surface area contributed by atoms with Gasteiger partial charge in [0.25, 0.3) is 0 Å².